The summed E-state index contributed by atoms with van der Waals surface area (Å²) < 4.78 is 1.10. The third kappa shape index (κ3) is 3.01. The van der Waals surface area contributed by atoms with E-state index in [4.69, 9.17) is 5.11 Å². The molecule has 2 heterocycles. The van der Waals surface area contributed by atoms with E-state index in [1.807, 2.05) is 13.8 Å². The summed E-state index contributed by atoms with van der Waals surface area (Å²) in [6.45, 7) is 3.92. The maximum absolute atomic E-state index is 12.3. The molecule has 0 radical (unpaired) electrons. The summed E-state index contributed by atoms with van der Waals surface area (Å²) >= 11 is 0. The lowest BCUT2D eigenvalue weighted by molar-refractivity contribution is -0.120. The van der Waals surface area contributed by atoms with E-state index in [0.717, 1.165) is 23.4 Å². The second-order valence-corrected chi connectivity index (χ2v) is 5.95. The van der Waals surface area contributed by atoms with Crippen LogP contribution in [-0.4, -0.2) is 31.4 Å². The van der Waals surface area contributed by atoms with Gasteiger partial charge in [-0.15, -0.1) is 0 Å². The topological polar surface area (TPSA) is 114 Å². The van der Waals surface area contributed by atoms with Crippen LogP contribution in [0.3, 0.4) is 0 Å². The summed E-state index contributed by atoms with van der Waals surface area (Å²) in [6, 6.07) is 5.13. The van der Waals surface area contributed by atoms with Crippen molar-refractivity contribution in [2.24, 2.45) is 5.92 Å². The summed E-state index contributed by atoms with van der Waals surface area (Å²) in [7, 11) is 0. The van der Waals surface area contributed by atoms with Crippen LogP contribution in [0.5, 0.6) is 0 Å². The highest BCUT2D eigenvalue weighted by Crippen LogP contribution is 2.21. The first-order valence-corrected chi connectivity index (χ1v) is 8.30. The molecule has 0 bridgehead atoms. The number of hydrogen-bond donors (Lipinski definition) is 2. The minimum absolute atomic E-state index is 0.0687. The normalized spacial score (nSPS) is 11.2. The number of amides is 1. The van der Waals surface area contributed by atoms with Crippen LogP contribution in [0.15, 0.2) is 35.5 Å². The number of carbonyl (C=O) groups is 2. The molecule has 0 fully saturated rings. The van der Waals surface area contributed by atoms with Crippen molar-refractivity contribution < 1.29 is 14.7 Å². The summed E-state index contributed by atoms with van der Waals surface area (Å²) in [5.41, 5.74) is 0.301. The highest BCUT2D eigenvalue weighted by Gasteiger charge is 2.16. The number of hydrogen-bond acceptors (Lipinski definition) is 5. The molecular formula is C18H18N4O4. The van der Waals surface area contributed by atoms with Gasteiger partial charge in [-0.05, 0) is 31.0 Å². The molecular weight excluding hydrogens is 336 g/mol. The molecule has 134 valence electrons. The number of nitrogens with one attached hydrogen (secondary N) is 1. The fourth-order valence-electron chi connectivity index (χ4n) is 2.85. The van der Waals surface area contributed by atoms with E-state index in [0.29, 0.717) is 16.6 Å². The van der Waals surface area contributed by atoms with Gasteiger partial charge in [0.2, 0.25) is 5.91 Å². The number of rotatable bonds is 5. The van der Waals surface area contributed by atoms with E-state index in [2.05, 4.69) is 15.3 Å². The molecule has 0 aliphatic carbocycles. The number of anilines is 1. The van der Waals surface area contributed by atoms with Crippen molar-refractivity contribution in [3.8, 4) is 0 Å². The van der Waals surface area contributed by atoms with Gasteiger partial charge in [-0.3, -0.25) is 9.59 Å². The third-order valence-corrected chi connectivity index (χ3v) is 4.40. The van der Waals surface area contributed by atoms with Crippen LogP contribution < -0.4 is 10.9 Å². The second-order valence-electron chi connectivity index (χ2n) is 5.95. The van der Waals surface area contributed by atoms with Gasteiger partial charge in [0.1, 0.15) is 17.5 Å². The molecule has 2 aromatic heterocycles. The standard InChI is InChI=1S/C18H18N4O4/c1-3-10(4-2)16(23)21-11-5-6-14-12(7-11)15-19-8-13(18(25)26)17(24)22(15)9-20-14/h5-10H,3-4H2,1-2H3,(H,21,23)(H,25,26). The molecule has 8 nitrogen and oxygen atoms in total. The SMILES string of the molecule is CCC(CC)C(=O)Nc1ccc2ncn3c(=O)c(C(=O)O)cnc3c2c1. The van der Waals surface area contributed by atoms with Gasteiger partial charge in [0, 0.05) is 23.2 Å². The minimum Gasteiger partial charge on any atom is -0.477 e. The Balaban J connectivity index is 2.12. The number of carbonyl (C=O) groups excluding carboxylic acids is 1. The Morgan fingerprint density at radius 3 is 2.62 bits per heavy atom. The lowest BCUT2D eigenvalue weighted by Gasteiger charge is -2.13. The zero-order valence-electron chi connectivity index (χ0n) is 14.4. The lowest BCUT2D eigenvalue weighted by atomic mass is 10.0. The molecule has 1 aromatic carbocycles. The molecule has 0 atom stereocenters. The van der Waals surface area contributed by atoms with Crippen LogP contribution >= 0.6 is 0 Å². The Hall–Kier alpha value is -3.29. The van der Waals surface area contributed by atoms with Crippen LogP contribution in [-0.2, 0) is 4.79 Å². The maximum atomic E-state index is 12.3. The quantitative estimate of drug-likeness (QED) is 0.680. The fraction of sp³-hybridized carbons (Fsp3) is 0.278. The van der Waals surface area contributed by atoms with Crippen molar-refractivity contribution in [2.45, 2.75) is 26.7 Å². The molecule has 8 heteroatoms. The summed E-state index contributed by atoms with van der Waals surface area (Å²) in [6.07, 6.45) is 3.78. The van der Waals surface area contributed by atoms with Crippen molar-refractivity contribution in [2.75, 3.05) is 5.32 Å². The molecule has 0 spiro atoms. The van der Waals surface area contributed by atoms with Crippen molar-refractivity contribution in [1.29, 1.82) is 0 Å². The van der Waals surface area contributed by atoms with Gasteiger partial charge in [-0.1, -0.05) is 13.8 Å². The van der Waals surface area contributed by atoms with Crippen LogP contribution in [0.2, 0.25) is 0 Å². The summed E-state index contributed by atoms with van der Waals surface area (Å²) in [5, 5.41) is 12.5. The Labute approximate surface area is 148 Å². The first kappa shape index (κ1) is 17.5. The molecule has 26 heavy (non-hydrogen) atoms. The van der Waals surface area contributed by atoms with E-state index in [9.17, 15) is 14.4 Å². The number of carboxylic acids is 1. The van der Waals surface area contributed by atoms with Gasteiger partial charge in [0.25, 0.3) is 5.56 Å². The van der Waals surface area contributed by atoms with Gasteiger partial charge >= 0.3 is 5.97 Å². The van der Waals surface area contributed by atoms with Crippen LogP contribution in [0, 0.1) is 5.92 Å². The molecule has 2 N–H and O–H groups in total. The fourth-order valence-corrected chi connectivity index (χ4v) is 2.85. The molecule has 0 aliphatic heterocycles. The predicted octanol–water partition coefficient (Wildman–Crippen LogP) is 2.32. The predicted molar refractivity (Wildman–Crippen MR) is 96.4 cm³/mol. The monoisotopic (exact) mass is 354 g/mol. The molecule has 3 aromatic rings. The van der Waals surface area contributed by atoms with Gasteiger partial charge in [-0.2, -0.15) is 0 Å². The Kier molecular flexibility index (Phi) is 4.66. The number of nitrogens with zero attached hydrogens (tertiary/aromatic N) is 3. The second kappa shape index (κ2) is 6.91. The first-order valence-electron chi connectivity index (χ1n) is 8.30. The Bertz CT molecular complexity index is 1070. The summed E-state index contributed by atoms with van der Waals surface area (Å²) in [4.78, 5) is 43.9. The molecule has 1 amide bonds. The Morgan fingerprint density at radius 2 is 1.96 bits per heavy atom. The number of aromatic carboxylic acids is 1. The molecule has 0 saturated heterocycles. The van der Waals surface area contributed by atoms with Crippen molar-refractivity contribution >= 4 is 34.1 Å². The number of fused-ring (bicyclic) bond motifs is 3. The molecule has 0 saturated carbocycles. The average Bonchev–Trinajstić information content (AvgIpc) is 2.62. The smallest absolute Gasteiger partial charge is 0.342 e. The molecule has 3 rings (SSSR count). The zero-order chi connectivity index (χ0) is 18.8. The van der Waals surface area contributed by atoms with E-state index in [1.165, 1.54) is 6.33 Å². The van der Waals surface area contributed by atoms with Crippen molar-refractivity contribution in [3.05, 3.63) is 46.6 Å². The highest BCUT2D eigenvalue weighted by molar-refractivity contribution is 5.98. The van der Waals surface area contributed by atoms with E-state index >= 15 is 0 Å². The largest absolute Gasteiger partial charge is 0.477 e. The van der Waals surface area contributed by atoms with E-state index in [-0.39, 0.29) is 17.5 Å². The van der Waals surface area contributed by atoms with E-state index in [1.54, 1.807) is 18.2 Å². The van der Waals surface area contributed by atoms with E-state index < -0.39 is 17.1 Å². The number of carboxylic acid groups (broad SMARTS) is 1. The van der Waals surface area contributed by atoms with Gasteiger partial charge in [0.05, 0.1) is 5.52 Å². The van der Waals surface area contributed by atoms with Gasteiger partial charge in [-0.25, -0.2) is 19.2 Å². The lowest BCUT2D eigenvalue weighted by Crippen LogP contribution is -2.23. The number of aromatic nitrogens is 3. The summed E-state index contributed by atoms with van der Waals surface area (Å²) in [5.74, 6) is -1.49. The highest BCUT2D eigenvalue weighted by atomic mass is 16.4. The van der Waals surface area contributed by atoms with Crippen LogP contribution in [0.4, 0.5) is 5.69 Å². The van der Waals surface area contributed by atoms with Crippen molar-refractivity contribution in [3.63, 3.8) is 0 Å². The van der Waals surface area contributed by atoms with Gasteiger partial charge in [0.15, 0.2) is 0 Å². The zero-order valence-corrected chi connectivity index (χ0v) is 14.4. The van der Waals surface area contributed by atoms with Crippen molar-refractivity contribution in [1.82, 2.24) is 14.4 Å². The van der Waals surface area contributed by atoms with Gasteiger partial charge < -0.3 is 10.4 Å². The van der Waals surface area contributed by atoms with Crippen LogP contribution in [0.25, 0.3) is 16.6 Å². The van der Waals surface area contributed by atoms with Crippen LogP contribution in [0.1, 0.15) is 37.0 Å². The number of benzene rings is 1. The average molecular weight is 354 g/mol. The molecule has 0 aliphatic rings. The molecule has 0 unspecified atom stereocenters. The third-order valence-electron chi connectivity index (χ3n) is 4.40. The first-order chi connectivity index (χ1) is 12.5. The minimum atomic E-state index is -1.34. The Morgan fingerprint density at radius 1 is 1.23 bits per heavy atom. The maximum Gasteiger partial charge on any atom is 0.342 e.